The molecule has 0 fully saturated rings. The molecule has 0 aliphatic carbocycles. The second kappa shape index (κ2) is 8.37. The summed E-state index contributed by atoms with van der Waals surface area (Å²) in [6.07, 6.45) is 7.85. The van der Waals surface area contributed by atoms with Crippen molar-refractivity contribution in [3.8, 4) is 0 Å². The molecule has 0 unspecified atom stereocenters. The van der Waals surface area contributed by atoms with Crippen LogP contribution in [0.5, 0.6) is 0 Å². The van der Waals surface area contributed by atoms with Gasteiger partial charge < -0.3 is 0 Å². The Morgan fingerprint density at radius 1 is 0.565 bits per heavy atom. The molecule has 0 aliphatic rings. The predicted octanol–water partition coefficient (Wildman–Crippen LogP) is 7.30. The average molecular weight is 326 g/mol. The summed E-state index contributed by atoms with van der Waals surface area (Å²) >= 11 is 0. The first kappa shape index (κ1) is 23.0. The molecule has 0 spiro atoms. The van der Waals surface area contributed by atoms with Gasteiger partial charge in [0.15, 0.2) is 0 Å². The lowest BCUT2D eigenvalue weighted by molar-refractivity contribution is -0.0265. The van der Waals surface area contributed by atoms with Crippen molar-refractivity contribution < 1.29 is 0 Å². The summed E-state index contributed by atoms with van der Waals surface area (Å²) in [6.45, 7) is 27.6. The third-order valence-electron chi connectivity index (χ3n) is 4.62. The highest BCUT2D eigenvalue weighted by molar-refractivity contribution is 4.96. The molecule has 0 saturated heterocycles. The van der Waals surface area contributed by atoms with Gasteiger partial charge in [-0.15, -0.1) is 0 Å². The van der Waals surface area contributed by atoms with E-state index in [1.54, 1.807) is 0 Å². The van der Waals surface area contributed by atoms with Crippen LogP contribution < -0.4 is 0 Å². The minimum absolute atomic E-state index is 0.235. The van der Waals surface area contributed by atoms with Crippen LogP contribution in [0.25, 0.3) is 0 Å². The molecule has 140 valence electrons. The third-order valence-corrected chi connectivity index (χ3v) is 4.62. The van der Waals surface area contributed by atoms with E-state index in [0.29, 0.717) is 10.8 Å². The van der Waals surface area contributed by atoms with Gasteiger partial charge in [0, 0.05) is 11.1 Å². The van der Waals surface area contributed by atoms with E-state index in [1.165, 1.54) is 45.1 Å². The van der Waals surface area contributed by atoms with E-state index in [-0.39, 0.29) is 11.1 Å². The summed E-state index contributed by atoms with van der Waals surface area (Å²) in [5, 5.41) is 0. The maximum atomic E-state index is 2.83. The maximum Gasteiger partial charge on any atom is 0.0163 e. The molecule has 0 aliphatic heterocycles. The van der Waals surface area contributed by atoms with E-state index in [0.717, 1.165) is 0 Å². The fourth-order valence-corrected chi connectivity index (χ4v) is 4.91. The molecule has 0 atom stereocenters. The molecular weight excluding hydrogens is 278 g/mol. The summed E-state index contributed by atoms with van der Waals surface area (Å²) < 4.78 is 0. The average Bonchev–Trinajstić information content (AvgIpc) is 2.20. The highest BCUT2D eigenvalue weighted by Crippen LogP contribution is 2.40. The van der Waals surface area contributed by atoms with Crippen LogP contribution in [0.3, 0.4) is 0 Å². The summed E-state index contributed by atoms with van der Waals surface area (Å²) in [7, 11) is 0. The number of hydrogen-bond donors (Lipinski definition) is 0. The summed E-state index contributed by atoms with van der Waals surface area (Å²) in [4.78, 5) is 2.83. The van der Waals surface area contributed by atoms with Crippen LogP contribution in [0.4, 0.5) is 0 Å². The van der Waals surface area contributed by atoms with Gasteiger partial charge in [0.2, 0.25) is 0 Å². The maximum absolute atomic E-state index is 2.83. The van der Waals surface area contributed by atoms with Crippen molar-refractivity contribution in [3.05, 3.63) is 0 Å². The van der Waals surface area contributed by atoms with Gasteiger partial charge in [-0.1, -0.05) is 67.7 Å². The Balaban J connectivity index is 5.28. The molecule has 23 heavy (non-hydrogen) atoms. The molecular formula is C22H47N. The van der Waals surface area contributed by atoms with E-state index < -0.39 is 0 Å². The van der Waals surface area contributed by atoms with Crippen LogP contribution in [-0.2, 0) is 0 Å². The van der Waals surface area contributed by atoms with Crippen LogP contribution in [0.1, 0.15) is 115 Å². The standard InChI is InChI=1S/C22H47N/c1-12-13-14-15-16-23(21(8,9)17-19(2,3)4)22(10,11)18-20(5,6)7/h12-18H2,1-11H3. The van der Waals surface area contributed by atoms with Gasteiger partial charge in [0.05, 0.1) is 0 Å². The second-order valence-corrected chi connectivity index (χ2v) is 11.3. The lowest BCUT2D eigenvalue weighted by Crippen LogP contribution is -2.58. The normalized spacial score (nSPS) is 14.6. The topological polar surface area (TPSA) is 3.24 Å². The Labute approximate surface area is 148 Å². The van der Waals surface area contributed by atoms with Crippen LogP contribution in [0.15, 0.2) is 0 Å². The second-order valence-electron chi connectivity index (χ2n) is 11.3. The van der Waals surface area contributed by atoms with Crippen molar-refractivity contribution in [1.29, 1.82) is 0 Å². The molecule has 0 radical (unpaired) electrons. The third kappa shape index (κ3) is 9.75. The Kier molecular flexibility index (Phi) is 8.35. The Morgan fingerprint density at radius 3 is 1.26 bits per heavy atom. The molecule has 0 aromatic heterocycles. The van der Waals surface area contributed by atoms with Crippen LogP contribution >= 0.6 is 0 Å². The first-order valence-corrected chi connectivity index (χ1v) is 9.88. The van der Waals surface area contributed by atoms with Gasteiger partial charge in [-0.3, -0.25) is 4.90 Å². The van der Waals surface area contributed by atoms with Crippen molar-refractivity contribution in [2.24, 2.45) is 10.8 Å². The quantitative estimate of drug-likeness (QED) is 0.402. The highest BCUT2D eigenvalue weighted by Gasteiger charge is 2.40. The molecule has 0 N–H and O–H groups in total. The summed E-state index contributed by atoms with van der Waals surface area (Å²) in [5.41, 5.74) is 1.20. The molecule has 0 saturated carbocycles. The zero-order valence-electron chi connectivity index (χ0n) is 18.4. The predicted molar refractivity (Wildman–Crippen MR) is 107 cm³/mol. The molecule has 0 bridgehead atoms. The van der Waals surface area contributed by atoms with Crippen molar-refractivity contribution in [1.82, 2.24) is 4.90 Å². The Morgan fingerprint density at radius 2 is 0.957 bits per heavy atom. The first-order valence-electron chi connectivity index (χ1n) is 9.88. The van der Waals surface area contributed by atoms with Crippen molar-refractivity contribution >= 4 is 0 Å². The molecule has 0 aromatic rings. The van der Waals surface area contributed by atoms with Crippen molar-refractivity contribution in [2.45, 2.75) is 126 Å². The van der Waals surface area contributed by atoms with Gasteiger partial charge in [0.1, 0.15) is 0 Å². The number of nitrogens with zero attached hydrogens (tertiary/aromatic N) is 1. The summed E-state index contributed by atoms with van der Waals surface area (Å²) in [6, 6.07) is 0. The number of hydrogen-bond acceptors (Lipinski definition) is 1. The van der Waals surface area contributed by atoms with Crippen LogP contribution in [0.2, 0.25) is 0 Å². The van der Waals surface area contributed by atoms with Crippen molar-refractivity contribution in [2.75, 3.05) is 6.54 Å². The van der Waals surface area contributed by atoms with Crippen LogP contribution in [-0.4, -0.2) is 22.5 Å². The van der Waals surface area contributed by atoms with E-state index >= 15 is 0 Å². The SMILES string of the molecule is CCCCCCN(C(C)(C)CC(C)(C)C)C(C)(C)CC(C)(C)C. The zero-order valence-corrected chi connectivity index (χ0v) is 18.4. The van der Waals surface area contributed by atoms with Gasteiger partial charge in [-0.05, 0) is 64.3 Å². The molecule has 0 amide bonds. The Hall–Kier alpha value is -0.0400. The number of unbranched alkanes of at least 4 members (excludes halogenated alkanes) is 3. The van der Waals surface area contributed by atoms with Crippen molar-refractivity contribution in [3.63, 3.8) is 0 Å². The Bertz CT molecular complexity index is 297. The summed E-state index contributed by atoms with van der Waals surface area (Å²) in [5.74, 6) is 0. The van der Waals surface area contributed by atoms with Gasteiger partial charge in [0.25, 0.3) is 0 Å². The highest BCUT2D eigenvalue weighted by atomic mass is 15.2. The van der Waals surface area contributed by atoms with Crippen LogP contribution in [0, 0.1) is 10.8 Å². The van der Waals surface area contributed by atoms with E-state index in [2.05, 4.69) is 81.1 Å². The molecule has 1 nitrogen and oxygen atoms in total. The molecule has 0 rings (SSSR count). The van der Waals surface area contributed by atoms with Gasteiger partial charge in [-0.2, -0.15) is 0 Å². The minimum atomic E-state index is 0.235. The number of rotatable bonds is 9. The van der Waals surface area contributed by atoms with Gasteiger partial charge in [-0.25, -0.2) is 0 Å². The molecule has 0 heterocycles. The lowest BCUT2D eigenvalue weighted by atomic mass is 9.75. The molecule has 1 heteroatoms. The van der Waals surface area contributed by atoms with E-state index in [4.69, 9.17) is 0 Å². The zero-order chi connectivity index (χ0) is 18.5. The smallest absolute Gasteiger partial charge is 0.0163 e. The van der Waals surface area contributed by atoms with E-state index in [9.17, 15) is 0 Å². The fourth-order valence-electron chi connectivity index (χ4n) is 4.91. The van der Waals surface area contributed by atoms with Gasteiger partial charge >= 0.3 is 0 Å². The fraction of sp³-hybridized carbons (Fsp3) is 1.00. The van der Waals surface area contributed by atoms with E-state index in [1.807, 2.05) is 0 Å². The monoisotopic (exact) mass is 325 g/mol. The first-order chi connectivity index (χ1) is 10.1. The minimum Gasteiger partial charge on any atom is -0.293 e. The molecule has 0 aromatic carbocycles. The lowest BCUT2D eigenvalue weighted by Gasteiger charge is -2.52. The largest absolute Gasteiger partial charge is 0.293 e.